The minimum absolute atomic E-state index is 0.377. The average Bonchev–Trinajstić information content (AvgIpc) is 3.43. The van der Waals surface area contributed by atoms with Crippen LogP contribution in [0.15, 0.2) is 48.6 Å². The van der Waals surface area contributed by atoms with Crippen LogP contribution in [-0.4, -0.2) is 92.7 Å². The number of ether oxygens (including phenoxy) is 5. The van der Waals surface area contributed by atoms with Crippen molar-refractivity contribution in [1.82, 2.24) is 15.5 Å². The molecule has 1 unspecified atom stereocenters. The zero-order chi connectivity index (χ0) is 29.9. The second-order valence-electron chi connectivity index (χ2n) is 12.2. The summed E-state index contributed by atoms with van der Waals surface area (Å²) in [6.45, 7) is 14.7. The van der Waals surface area contributed by atoms with Crippen LogP contribution in [0.4, 0.5) is 9.59 Å². The molecule has 1 aromatic carbocycles. The van der Waals surface area contributed by atoms with Gasteiger partial charge in [-0.25, -0.2) is 9.59 Å². The Morgan fingerprint density at radius 3 is 2.00 bits per heavy atom. The number of amides is 2. The van der Waals surface area contributed by atoms with Gasteiger partial charge in [-0.2, -0.15) is 0 Å². The van der Waals surface area contributed by atoms with E-state index in [0.717, 1.165) is 11.1 Å². The van der Waals surface area contributed by atoms with E-state index in [4.69, 9.17) is 23.7 Å². The zero-order valence-electron chi connectivity index (χ0n) is 25.4. The lowest BCUT2D eigenvalue weighted by molar-refractivity contribution is -0.182. The maximum atomic E-state index is 12.1. The van der Waals surface area contributed by atoms with Gasteiger partial charge in [-0.1, -0.05) is 42.5 Å². The molecule has 10 nitrogen and oxygen atoms in total. The molecule has 41 heavy (non-hydrogen) atoms. The maximum Gasteiger partial charge on any atom is 0.407 e. The van der Waals surface area contributed by atoms with Crippen LogP contribution < -0.4 is 10.6 Å². The van der Waals surface area contributed by atoms with E-state index in [2.05, 4.69) is 33.7 Å². The standard InChI is InChI=1S/C31H47N3O7/c1-29(2,3)40-27(35)32-15-17-34(18-16-33-28(36)41-30(4,5)6)19-20-39-31(26-37-21-22-38-26)14-10-13-25(23-31)24-11-8-7-9-12-24/h7-14,26H,15-23H2,1-6H3,(H,32,35)(H,33,36). The Labute approximate surface area is 244 Å². The third-order valence-corrected chi connectivity index (χ3v) is 6.28. The minimum Gasteiger partial charge on any atom is -0.444 e. The van der Waals surface area contributed by atoms with Gasteiger partial charge in [0.25, 0.3) is 0 Å². The van der Waals surface area contributed by atoms with E-state index in [1.54, 1.807) is 0 Å². The molecule has 0 spiro atoms. The predicted octanol–water partition coefficient (Wildman–Crippen LogP) is 4.51. The second kappa shape index (κ2) is 14.8. The van der Waals surface area contributed by atoms with Crippen molar-refractivity contribution < 1.29 is 33.3 Å². The molecule has 2 amide bonds. The summed E-state index contributed by atoms with van der Waals surface area (Å²) in [5, 5.41) is 5.60. The molecule has 0 radical (unpaired) electrons. The van der Waals surface area contributed by atoms with Crippen molar-refractivity contribution in [3.8, 4) is 0 Å². The molecule has 228 valence electrons. The molecule has 0 saturated carbocycles. The van der Waals surface area contributed by atoms with Gasteiger partial charge < -0.3 is 34.3 Å². The van der Waals surface area contributed by atoms with Gasteiger partial charge in [0, 0.05) is 39.1 Å². The van der Waals surface area contributed by atoms with Crippen LogP contribution in [0.3, 0.4) is 0 Å². The number of benzene rings is 1. The number of hydrogen-bond acceptors (Lipinski definition) is 8. The molecule has 0 bridgehead atoms. The predicted molar refractivity (Wildman–Crippen MR) is 157 cm³/mol. The number of carbonyl (C=O) groups excluding carboxylic acids is 2. The average molecular weight is 574 g/mol. The lowest BCUT2D eigenvalue weighted by atomic mass is 9.85. The van der Waals surface area contributed by atoms with E-state index in [1.165, 1.54) is 0 Å². The van der Waals surface area contributed by atoms with Gasteiger partial charge in [0.1, 0.15) is 16.8 Å². The first-order chi connectivity index (χ1) is 19.4. The van der Waals surface area contributed by atoms with E-state index >= 15 is 0 Å². The Hall–Kier alpha value is -2.92. The Morgan fingerprint density at radius 2 is 1.46 bits per heavy atom. The summed E-state index contributed by atoms with van der Waals surface area (Å²) >= 11 is 0. The van der Waals surface area contributed by atoms with Crippen LogP contribution in [-0.2, 0) is 23.7 Å². The van der Waals surface area contributed by atoms with E-state index in [-0.39, 0.29) is 0 Å². The molecule has 1 heterocycles. The fourth-order valence-electron chi connectivity index (χ4n) is 4.52. The SMILES string of the molecule is CC(C)(C)OC(=O)NCCN(CCNC(=O)OC(C)(C)C)CCOC1(C2OCCO2)C=CC=C(c2ccccc2)C1. The van der Waals surface area contributed by atoms with E-state index in [1.807, 2.05) is 71.9 Å². The first kappa shape index (κ1) is 32.6. The second-order valence-corrected chi connectivity index (χ2v) is 12.2. The zero-order valence-corrected chi connectivity index (χ0v) is 25.4. The van der Waals surface area contributed by atoms with Gasteiger partial charge in [-0.3, -0.25) is 4.90 Å². The maximum absolute atomic E-state index is 12.1. The molecule has 0 aromatic heterocycles. The molecule has 1 saturated heterocycles. The summed E-state index contributed by atoms with van der Waals surface area (Å²) in [4.78, 5) is 26.4. The number of allylic oxidation sites excluding steroid dienone is 2. The van der Waals surface area contributed by atoms with Crippen molar-refractivity contribution in [2.45, 2.75) is 71.1 Å². The van der Waals surface area contributed by atoms with E-state index < -0.39 is 35.3 Å². The summed E-state index contributed by atoms with van der Waals surface area (Å²) in [5.41, 5.74) is 0.353. The third kappa shape index (κ3) is 11.5. The highest BCUT2D eigenvalue weighted by Gasteiger charge is 2.43. The van der Waals surface area contributed by atoms with E-state index in [9.17, 15) is 9.59 Å². The molecular weight excluding hydrogens is 526 g/mol. The van der Waals surface area contributed by atoms with Gasteiger partial charge >= 0.3 is 12.2 Å². The highest BCUT2D eigenvalue weighted by atomic mass is 16.7. The monoisotopic (exact) mass is 573 g/mol. The molecule has 1 atom stereocenters. The Morgan fingerprint density at radius 1 is 0.902 bits per heavy atom. The highest BCUT2D eigenvalue weighted by Crippen LogP contribution is 2.38. The number of carbonyl (C=O) groups is 2. The topological polar surface area (TPSA) is 108 Å². The number of hydrogen-bond donors (Lipinski definition) is 2. The van der Waals surface area contributed by atoms with Crippen molar-refractivity contribution in [3.63, 3.8) is 0 Å². The third-order valence-electron chi connectivity index (χ3n) is 6.28. The first-order valence-corrected chi connectivity index (χ1v) is 14.3. The Kier molecular flexibility index (Phi) is 11.8. The largest absolute Gasteiger partial charge is 0.444 e. The van der Waals surface area contributed by atoms with Crippen molar-refractivity contribution >= 4 is 17.8 Å². The quantitative estimate of drug-likeness (QED) is 0.376. The Bertz CT molecular complexity index is 1010. The molecule has 2 aliphatic rings. The van der Waals surface area contributed by atoms with Gasteiger partial charge in [0.2, 0.25) is 0 Å². The number of alkyl carbamates (subject to hydrolysis) is 2. The van der Waals surface area contributed by atoms with Gasteiger partial charge in [0.05, 0.1) is 19.8 Å². The fourth-order valence-corrected chi connectivity index (χ4v) is 4.52. The molecule has 10 heteroatoms. The normalized spacial score (nSPS) is 19.6. The molecule has 1 fully saturated rings. The molecule has 2 N–H and O–H groups in total. The summed E-state index contributed by atoms with van der Waals surface area (Å²) < 4.78 is 29.2. The van der Waals surface area contributed by atoms with Gasteiger partial charge in [-0.05, 0) is 58.8 Å². The molecule has 1 aromatic rings. The molecule has 1 aliphatic carbocycles. The van der Waals surface area contributed by atoms with Crippen LogP contribution >= 0.6 is 0 Å². The summed E-state index contributed by atoms with van der Waals surface area (Å²) in [7, 11) is 0. The Balaban J connectivity index is 1.61. The van der Waals surface area contributed by atoms with Crippen molar-refractivity contribution in [2.24, 2.45) is 0 Å². The smallest absolute Gasteiger partial charge is 0.407 e. The van der Waals surface area contributed by atoms with Crippen LogP contribution in [0, 0.1) is 0 Å². The number of rotatable bonds is 12. The van der Waals surface area contributed by atoms with Crippen LogP contribution in [0.1, 0.15) is 53.5 Å². The molecular formula is C31H47N3O7. The number of nitrogens with one attached hydrogen (secondary N) is 2. The summed E-state index contributed by atoms with van der Waals surface area (Å²) in [5.74, 6) is 0. The van der Waals surface area contributed by atoms with Gasteiger partial charge in [0.15, 0.2) is 6.29 Å². The van der Waals surface area contributed by atoms with Crippen LogP contribution in [0.2, 0.25) is 0 Å². The van der Waals surface area contributed by atoms with Crippen molar-refractivity contribution in [2.75, 3.05) is 52.5 Å². The van der Waals surface area contributed by atoms with Gasteiger partial charge in [-0.15, -0.1) is 0 Å². The molecule has 3 rings (SSSR count). The van der Waals surface area contributed by atoms with E-state index in [0.29, 0.717) is 59.0 Å². The lowest BCUT2D eigenvalue weighted by Gasteiger charge is -2.38. The number of nitrogens with zero attached hydrogens (tertiary/aromatic N) is 1. The van der Waals surface area contributed by atoms with Crippen LogP contribution in [0.25, 0.3) is 5.57 Å². The molecule has 1 aliphatic heterocycles. The highest BCUT2D eigenvalue weighted by molar-refractivity contribution is 5.70. The minimum atomic E-state index is -0.772. The lowest BCUT2D eigenvalue weighted by Crippen LogP contribution is -2.47. The van der Waals surface area contributed by atoms with Crippen molar-refractivity contribution in [3.05, 3.63) is 54.1 Å². The fraction of sp³-hybridized carbons (Fsp3) is 0.613. The summed E-state index contributed by atoms with van der Waals surface area (Å²) in [6.07, 6.45) is 5.28. The van der Waals surface area contributed by atoms with Crippen molar-refractivity contribution in [1.29, 1.82) is 0 Å². The first-order valence-electron chi connectivity index (χ1n) is 14.3. The van der Waals surface area contributed by atoms with Crippen LogP contribution in [0.5, 0.6) is 0 Å². The summed E-state index contributed by atoms with van der Waals surface area (Å²) in [6, 6.07) is 10.2.